The predicted molar refractivity (Wildman–Crippen MR) is 208 cm³/mol. The molecule has 0 unspecified atom stereocenters. The molecule has 1 aromatic heterocycles. The van der Waals surface area contributed by atoms with Crippen LogP contribution in [-0.4, -0.2) is 60.5 Å². The lowest BCUT2D eigenvalue weighted by atomic mass is 9.82. The van der Waals surface area contributed by atoms with Crippen molar-refractivity contribution in [3.8, 4) is 11.8 Å². The van der Waals surface area contributed by atoms with Crippen molar-refractivity contribution in [3.63, 3.8) is 0 Å². The van der Waals surface area contributed by atoms with Crippen LogP contribution in [0.1, 0.15) is 75.1 Å². The Morgan fingerprint density at radius 1 is 0.788 bits per heavy atom. The van der Waals surface area contributed by atoms with Gasteiger partial charge in [-0.05, 0) is 100 Å². The molecule has 0 spiro atoms. The van der Waals surface area contributed by atoms with Gasteiger partial charge in [0.25, 0.3) is 0 Å². The van der Waals surface area contributed by atoms with Gasteiger partial charge in [0.1, 0.15) is 18.8 Å². The lowest BCUT2D eigenvalue weighted by Crippen LogP contribution is -2.42. The number of rotatable bonds is 12. The zero-order valence-electron chi connectivity index (χ0n) is 31.1. The van der Waals surface area contributed by atoms with Crippen LogP contribution < -0.4 is 19.7 Å². The van der Waals surface area contributed by atoms with Crippen molar-refractivity contribution in [2.75, 3.05) is 43.4 Å². The molecule has 2 N–H and O–H groups in total. The lowest BCUT2D eigenvalue weighted by molar-refractivity contribution is 0.0174. The van der Waals surface area contributed by atoms with Crippen molar-refractivity contribution in [1.82, 2.24) is 9.88 Å². The fourth-order valence-corrected chi connectivity index (χ4v) is 7.14. The van der Waals surface area contributed by atoms with Crippen LogP contribution in [0.5, 0.6) is 11.8 Å². The van der Waals surface area contributed by atoms with E-state index in [1.54, 1.807) is 0 Å². The number of ether oxygens (including phenoxy) is 3. The first-order chi connectivity index (χ1) is 25.1. The maximum Gasteiger partial charge on any atom is 0.410 e. The Kier molecular flexibility index (Phi) is 12.0. The van der Waals surface area contributed by atoms with E-state index in [1.165, 1.54) is 6.42 Å². The maximum absolute atomic E-state index is 12.5. The highest BCUT2D eigenvalue weighted by molar-refractivity contribution is 6.15. The quantitative estimate of drug-likeness (QED) is 0.142. The topological polar surface area (TPSA) is 100 Å². The van der Waals surface area contributed by atoms with Gasteiger partial charge in [0.2, 0.25) is 11.8 Å². The Bertz CT molecular complexity index is 1780. The normalized spacial score (nSPS) is 15.6. The number of nitrogens with zero attached hydrogens (tertiary/aromatic N) is 3. The fraction of sp³-hybridized carbons (Fsp3) is 0.419. The number of carbonyl (C=O) groups is 1. The third kappa shape index (κ3) is 9.84. The van der Waals surface area contributed by atoms with Crippen molar-refractivity contribution < 1.29 is 19.0 Å². The van der Waals surface area contributed by atoms with Crippen LogP contribution >= 0.6 is 0 Å². The van der Waals surface area contributed by atoms with Gasteiger partial charge in [-0.15, -0.1) is 0 Å². The Labute approximate surface area is 308 Å². The van der Waals surface area contributed by atoms with Gasteiger partial charge in [-0.3, -0.25) is 5.41 Å². The molecule has 2 fully saturated rings. The average molecular weight is 704 g/mol. The Morgan fingerprint density at radius 2 is 1.37 bits per heavy atom. The third-order valence-electron chi connectivity index (χ3n) is 10.0. The lowest BCUT2D eigenvalue weighted by Gasteiger charge is -2.38. The minimum absolute atomic E-state index is 0.183. The number of piperidine rings is 2. The summed E-state index contributed by atoms with van der Waals surface area (Å²) in [6.45, 7) is 10.1. The number of pyridine rings is 1. The number of hydrogen-bond acceptors (Lipinski definition) is 8. The molecule has 0 saturated carbocycles. The minimum Gasteiger partial charge on any atom is -0.473 e. The predicted octanol–water partition coefficient (Wildman–Crippen LogP) is 8.95. The van der Waals surface area contributed by atoms with E-state index in [1.807, 2.05) is 112 Å². The molecule has 3 aromatic carbocycles. The highest BCUT2D eigenvalue weighted by Gasteiger charge is 2.29. The summed E-state index contributed by atoms with van der Waals surface area (Å²) in [6.07, 6.45) is 5.47. The van der Waals surface area contributed by atoms with Crippen LogP contribution in [-0.2, 0) is 18.0 Å². The molecular weight excluding hydrogens is 651 g/mol. The van der Waals surface area contributed by atoms with E-state index >= 15 is 0 Å². The molecule has 3 heterocycles. The monoisotopic (exact) mass is 703 g/mol. The molecule has 274 valence electrons. The molecule has 2 aliphatic rings. The van der Waals surface area contributed by atoms with E-state index < -0.39 is 5.60 Å². The molecule has 0 aliphatic carbocycles. The first-order valence-corrected chi connectivity index (χ1v) is 18.6. The molecular formula is C43H53N5O4. The molecule has 0 atom stereocenters. The number of anilines is 2. The van der Waals surface area contributed by atoms with Gasteiger partial charge in [0.15, 0.2) is 0 Å². The van der Waals surface area contributed by atoms with Gasteiger partial charge >= 0.3 is 6.09 Å². The number of carbonyl (C=O) groups excluding carboxylic acids is 1. The van der Waals surface area contributed by atoms with Crippen LogP contribution in [0.15, 0.2) is 91.0 Å². The number of benzene rings is 3. The zero-order chi connectivity index (χ0) is 36.5. The van der Waals surface area contributed by atoms with Crippen LogP contribution in [0.25, 0.3) is 0 Å². The fourth-order valence-electron chi connectivity index (χ4n) is 7.14. The summed E-state index contributed by atoms with van der Waals surface area (Å²) in [5.74, 6) is 2.18. The van der Waals surface area contributed by atoms with E-state index in [0.717, 1.165) is 79.9 Å². The maximum atomic E-state index is 12.5. The van der Waals surface area contributed by atoms with Gasteiger partial charge in [0, 0.05) is 56.2 Å². The number of hydrogen-bond donors (Lipinski definition) is 2. The minimum atomic E-state index is -0.457. The Morgan fingerprint density at radius 3 is 1.96 bits per heavy atom. The van der Waals surface area contributed by atoms with Gasteiger partial charge < -0.3 is 29.3 Å². The first-order valence-electron chi connectivity index (χ1n) is 18.6. The molecule has 52 heavy (non-hydrogen) atoms. The van der Waals surface area contributed by atoms with Crippen LogP contribution in [0.3, 0.4) is 0 Å². The van der Waals surface area contributed by atoms with E-state index in [4.69, 9.17) is 19.2 Å². The van der Waals surface area contributed by atoms with Gasteiger partial charge in [-0.1, -0.05) is 60.7 Å². The number of amides is 1. The molecule has 1 amide bonds. The van der Waals surface area contributed by atoms with Crippen molar-refractivity contribution in [2.24, 2.45) is 11.8 Å². The molecule has 9 nitrogen and oxygen atoms in total. The van der Waals surface area contributed by atoms with Crippen molar-refractivity contribution in [3.05, 3.63) is 113 Å². The summed E-state index contributed by atoms with van der Waals surface area (Å²) in [7, 11) is 1.90. The van der Waals surface area contributed by atoms with Crippen molar-refractivity contribution >= 4 is 23.2 Å². The van der Waals surface area contributed by atoms with E-state index in [9.17, 15) is 10.2 Å². The standard InChI is InChI=1S/C43H53N5O4/c1-43(2,3)52-42(49)48-25-21-32(22-26-48)27-31-19-23-47(24-20-31)35-15-16-36(38(28-35)45-4)40(44)37-17-18-39(50-29-33-11-7-5-8-12-33)46-41(37)51-30-34-13-9-6-10-14-34/h5-18,28,31-32,44-45H,19-27,29-30H2,1-4H3. The van der Waals surface area contributed by atoms with Gasteiger partial charge in [-0.2, -0.15) is 4.98 Å². The number of nitrogens with one attached hydrogen (secondary N) is 2. The summed E-state index contributed by atoms with van der Waals surface area (Å²) < 4.78 is 17.9. The van der Waals surface area contributed by atoms with E-state index in [2.05, 4.69) is 22.3 Å². The van der Waals surface area contributed by atoms with Crippen LogP contribution in [0, 0.1) is 17.2 Å². The smallest absolute Gasteiger partial charge is 0.410 e. The Balaban J connectivity index is 1.08. The SMILES string of the molecule is CNc1cc(N2CCC(CC3CCN(C(=O)OC(C)(C)C)CC3)CC2)ccc1C(=N)c1ccc(OCc2ccccc2)nc1OCc1ccccc1. The zero-order valence-corrected chi connectivity index (χ0v) is 31.1. The average Bonchev–Trinajstić information content (AvgIpc) is 3.16. The Hall–Kier alpha value is -5.05. The number of likely N-dealkylation sites (tertiary alicyclic amines) is 1. The second kappa shape index (κ2) is 17.0. The molecule has 0 bridgehead atoms. The first kappa shape index (κ1) is 36.7. The van der Waals surface area contributed by atoms with Crippen LogP contribution in [0.4, 0.5) is 16.2 Å². The second-order valence-corrected chi connectivity index (χ2v) is 15.0. The summed E-state index contributed by atoms with van der Waals surface area (Å²) in [5.41, 5.74) is 5.37. The summed E-state index contributed by atoms with van der Waals surface area (Å²) in [6, 6.07) is 30.0. The summed E-state index contributed by atoms with van der Waals surface area (Å²) >= 11 is 0. The highest BCUT2D eigenvalue weighted by Crippen LogP contribution is 2.34. The third-order valence-corrected chi connectivity index (χ3v) is 10.0. The van der Waals surface area contributed by atoms with Crippen LogP contribution in [0.2, 0.25) is 0 Å². The molecule has 2 aliphatic heterocycles. The summed E-state index contributed by atoms with van der Waals surface area (Å²) in [4.78, 5) is 21.6. The van der Waals surface area contributed by atoms with Gasteiger partial charge in [0.05, 0.1) is 11.3 Å². The van der Waals surface area contributed by atoms with E-state index in [-0.39, 0.29) is 6.09 Å². The molecule has 4 aromatic rings. The molecule has 0 radical (unpaired) electrons. The van der Waals surface area contributed by atoms with E-state index in [0.29, 0.717) is 48.1 Å². The van der Waals surface area contributed by atoms with Gasteiger partial charge in [-0.25, -0.2) is 4.79 Å². The highest BCUT2D eigenvalue weighted by atomic mass is 16.6. The summed E-state index contributed by atoms with van der Waals surface area (Å²) in [5, 5.41) is 12.7. The molecule has 9 heteroatoms. The van der Waals surface area contributed by atoms with Crippen molar-refractivity contribution in [2.45, 2.75) is 71.7 Å². The molecule has 2 saturated heterocycles. The molecule has 6 rings (SSSR count). The largest absolute Gasteiger partial charge is 0.473 e. The van der Waals surface area contributed by atoms with Crippen molar-refractivity contribution in [1.29, 1.82) is 5.41 Å². The second-order valence-electron chi connectivity index (χ2n) is 15.0. The number of aromatic nitrogens is 1.